The van der Waals surface area contributed by atoms with Crippen LogP contribution in [0.1, 0.15) is 23.7 Å². The van der Waals surface area contributed by atoms with E-state index in [-0.39, 0.29) is 54.2 Å². The molecule has 0 unspecified atom stereocenters. The fourth-order valence-corrected chi connectivity index (χ4v) is 4.43. The van der Waals surface area contributed by atoms with Gasteiger partial charge in [-0.1, -0.05) is 24.3 Å². The number of para-hydroxylation sites is 1. The Kier molecular flexibility index (Phi) is 4.30. The number of esters is 1. The predicted octanol–water partition coefficient (Wildman–Crippen LogP) is 1.61. The second kappa shape index (κ2) is 6.64. The maximum absolute atomic E-state index is 12.7. The molecule has 3 amide bonds. The number of nitrogens with zero attached hydrogens (tertiary/aromatic N) is 1. The van der Waals surface area contributed by atoms with Gasteiger partial charge in [-0.25, -0.2) is 4.79 Å². The van der Waals surface area contributed by atoms with Gasteiger partial charge in [0.05, 0.1) is 29.7 Å². The molecule has 1 aromatic rings. The molecule has 1 aliphatic heterocycles. The zero-order valence-electron chi connectivity index (χ0n) is 14.9. The number of fused-ring (bicyclic) bond motifs is 5. The van der Waals surface area contributed by atoms with E-state index in [0.29, 0.717) is 5.69 Å². The summed E-state index contributed by atoms with van der Waals surface area (Å²) in [7, 11) is 0. The molecule has 0 spiro atoms. The van der Waals surface area contributed by atoms with Gasteiger partial charge in [0.25, 0.3) is 0 Å². The van der Waals surface area contributed by atoms with Crippen molar-refractivity contribution < 1.29 is 23.9 Å². The fourth-order valence-electron chi connectivity index (χ4n) is 4.43. The van der Waals surface area contributed by atoms with Gasteiger partial charge in [0.2, 0.25) is 17.7 Å². The minimum atomic E-state index is -0.543. The van der Waals surface area contributed by atoms with Crippen LogP contribution in [0.4, 0.5) is 5.69 Å². The lowest BCUT2D eigenvalue weighted by molar-refractivity contribution is -0.143. The minimum Gasteiger partial charge on any atom is -0.462 e. The van der Waals surface area contributed by atoms with Crippen LogP contribution < -0.4 is 5.32 Å². The highest BCUT2D eigenvalue weighted by molar-refractivity contribution is 6.10. The highest BCUT2D eigenvalue weighted by Crippen LogP contribution is 2.52. The zero-order valence-corrected chi connectivity index (χ0v) is 14.9. The van der Waals surface area contributed by atoms with Crippen molar-refractivity contribution in [3.8, 4) is 0 Å². The quantitative estimate of drug-likeness (QED) is 0.484. The first-order valence-corrected chi connectivity index (χ1v) is 9.10. The summed E-state index contributed by atoms with van der Waals surface area (Å²) in [4.78, 5) is 50.8. The summed E-state index contributed by atoms with van der Waals surface area (Å²) in [5, 5.41) is 2.62. The van der Waals surface area contributed by atoms with Crippen LogP contribution in [0.25, 0.3) is 0 Å². The van der Waals surface area contributed by atoms with Gasteiger partial charge < -0.3 is 10.1 Å². The minimum absolute atomic E-state index is 0.106. The number of benzene rings is 1. The van der Waals surface area contributed by atoms with Gasteiger partial charge in [-0.2, -0.15) is 0 Å². The SMILES string of the molecule is CCOC(=O)c1ccccc1NC(=O)CN1C(=O)[C@@H]2[C@@H](C1=O)[C@H]1C=C[C@H]2C1. The molecule has 3 aliphatic rings. The topological polar surface area (TPSA) is 92.8 Å². The van der Waals surface area contributed by atoms with Gasteiger partial charge in [0.15, 0.2) is 0 Å². The Morgan fingerprint density at radius 3 is 2.37 bits per heavy atom. The van der Waals surface area contributed by atoms with Crippen molar-refractivity contribution in [2.24, 2.45) is 23.7 Å². The van der Waals surface area contributed by atoms with Gasteiger partial charge in [0, 0.05) is 0 Å². The van der Waals surface area contributed by atoms with Crippen molar-refractivity contribution in [3.05, 3.63) is 42.0 Å². The number of likely N-dealkylation sites (tertiary alicyclic amines) is 1. The maximum atomic E-state index is 12.7. The lowest BCUT2D eigenvalue weighted by Crippen LogP contribution is -2.39. The molecule has 27 heavy (non-hydrogen) atoms. The van der Waals surface area contributed by atoms with E-state index in [0.717, 1.165) is 11.3 Å². The Morgan fingerprint density at radius 1 is 1.11 bits per heavy atom. The van der Waals surface area contributed by atoms with Gasteiger partial charge in [-0.15, -0.1) is 0 Å². The Bertz CT molecular complexity index is 832. The highest BCUT2D eigenvalue weighted by atomic mass is 16.5. The molecular weight excluding hydrogens is 348 g/mol. The standard InChI is InChI=1S/C20H20N2O5/c1-2-27-20(26)13-5-3-4-6-14(13)21-15(23)10-22-18(24)16-11-7-8-12(9-11)17(16)19(22)25/h3-8,11-12,16-17H,2,9-10H2,1H3,(H,21,23)/t11-,12-,16-,17-/m0/s1. The lowest BCUT2D eigenvalue weighted by Gasteiger charge is -2.17. The van der Waals surface area contributed by atoms with E-state index in [4.69, 9.17) is 4.74 Å². The first kappa shape index (κ1) is 17.5. The van der Waals surface area contributed by atoms with E-state index in [2.05, 4.69) is 5.32 Å². The van der Waals surface area contributed by atoms with E-state index in [1.165, 1.54) is 0 Å². The smallest absolute Gasteiger partial charge is 0.340 e. The molecule has 4 rings (SSSR count). The average molecular weight is 368 g/mol. The van der Waals surface area contributed by atoms with Crippen molar-refractivity contribution in [3.63, 3.8) is 0 Å². The Morgan fingerprint density at radius 2 is 1.74 bits per heavy atom. The van der Waals surface area contributed by atoms with Gasteiger partial charge in [-0.05, 0) is 37.3 Å². The second-order valence-electron chi connectivity index (χ2n) is 7.08. The van der Waals surface area contributed by atoms with Crippen LogP contribution in [0.5, 0.6) is 0 Å². The summed E-state index contributed by atoms with van der Waals surface area (Å²) in [6.45, 7) is 1.57. The van der Waals surface area contributed by atoms with Crippen LogP contribution in [0.3, 0.4) is 0 Å². The summed E-state index contributed by atoms with van der Waals surface area (Å²) >= 11 is 0. The Labute approximate surface area is 156 Å². The largest absolute Gasteiger partial charge is 0.462 e. The molecule has 1 saturated carbocycles. The molecular formula is C20H20N2O5. The van der Waals surface area contributed by atoms with E-state index >= 15 is 0 Å². The predicted molar refractivity (Wildman–Crippen MR) is 95.5 cm³/mol. The second-order valence-corrected chi connectivity index (χ2v) is 7.08. The molecule has 2 aliphatic carbocycles. The molecule has 1 heterocycles. The zero-order chi connectivity index (χ0) is 19.1. The third-order valence-electron chi connectivity index (χ3n) is 5.56. The molecule has 0 aromatic heterocycles. The number of nitrogens with one attached hydrogen (secondary N) is 1. The number of hydrogen-bond acceptors (Lipinski definition) is 5. The van der Waals surface area contributed by atoms with Crippen LogP contribution >= 0.6 is 0 Å². The summed E-state index contributed by atoms with van der Waals surface area (Å²) < 4.78 is 4.98. The normalized spacial score (nSPS) is 27.8. The summed E-state index contributed by atoms with van der Waals surface area (Å²) in [6, 6.07) is 6.47. The number of amides is 3. The van der Waals surface area contributed by atoms with E-state index in [1.54, 1.807) is 31.2 Å². The van der Waals surface area contributed by atoms with E-state index in [9.17, 15) is 19.2 Å². The summed E-state index contributed by atoms with van der Waals surface area (Å²) in [6.07, 6.45) is 4.87. The molecule has 7 heteroatoms. The molecule has 4 atom stereocenters. The molecule has 1 aromatic carbocycles. The van der Waals surface area contributed by atoms with Gasteiger partial charge in [0.1, 0.15) is 6.54 Å². The lowest BCUT2D eigenvalue weighted by atomic mass is 9.85. The monoisotopic (exact) mass is 368 g/mol. The number of anilines is 1. The van der Waals surface area contributed by atoms with Crippen molar-refractivity contribution in [1.29, 1.82) is 0 Å². The number of imide groups is 1. The van der Waals surface area contributed by atoms with Crippen molar-refractivity contribution >= 4 is 29.4 Å². The maximum Gasteiger partial charge on any atom is 0.340 e. The number of carbonyl (C=O) groups is 4. The van der Waals surface area contributed by atoms with Crippen molar-refractivity contribution in [2.75, 3.05) is 18.5 Å². The van der Waals surface area contributed by atoms with Crippen LogP contribution in [-0.4, -0.2) is 41.7 Å². The molecule has 0 radical (unpaired) electrons. The van der Waals surface area contributed by atoms with Gasteiger partial charge in [-0.3, -0.25) is 19.3 Å². The molecule has 7 nitrogen and oxygen atoms in total. The molecule has 2 bridgehead atoms. The van der Waals surface area contributed by atoms with E-state index < -0.39 is 11.9 Å². The first-order valence-electron chi connectivity index (χ1n) is 9.10. The Hall–Kier alpha value is -2.96. The molecule has 1 saturated heterocycles. The average Bonchev–Trinajstić information content (AvgIpc) is 3.32. The summed E-state index contributed by atoms with van der Waals surface area (Å²) in [5.41, 5.74) is 0.521. The summed E-state index contributed by atoms with van der Waals surface area (Å²) in [5.74, 6) is -2.04. The number of rotatable bonds is 5. The molecule has 2 fully saturated rings. The van der Waals surface area contributed by atoms with Gasteiger partial charge >= 0.3 is 5.97 Å². The number of carbonyl (C=O) groups excluding carboxylic acids is 4. The fraction of sp³-hybridized carbons (Fsp3) is 0.400. The highest BCUT2D eigenvalue weighted by Gasteiger charge is 2.59. The van der Waals surface area contributed by atoms with Crippen molar-refractivity contribution in [1.82, 2.24) is 4.90 Å². The van der Waals surface area contributed by atoms with Crippen LogP contribution in [0, 0.1) is 23.7 Å². The Balaban J connectivity index is 1.46. The first-order chi connectivity index (χ1) is 13.0. The van der Waals surface area contributed by atoms with Crippen molar-refractivity contribution in [2.45, 2.75) is 13.3 Å². The van der Waals surface area contributed by atoms with E-state index in [1.807, 2.05) is 12.2 Å². The van der Waals surface area contributed by atoms with Crippen LogP contribution in [0.2, 0.25) is 0 Å². The number of allylic oxidation sites excluding steroid dienone is 2. The number of ether oxygens (including phenoxy) is 1. The molecule has 140 valence electrons. The third kappa shape index (κ3) is 2.83. The van der Waals surface area contributed by atoms with Crippen LogP contribution in [-0.2, 0) is 19.1 Å². The molecule has 1 N–H and O–H groups in total. The number of hydrogen-bond donors (Lipinski definition) is 1. The third-order valence-corrected chi connectivity index (χ3v) is 5.56. The van der Waals surface area contributed by atoms with Crippen LogP contribution in [0.15, 0.2) is 36.4 Å².